The summed E-state index contributed by atoms with van der Waals surface area (Å²) in [6.07, 6.45) is -4.90. The number of alkyl halides is 5. The number of benzene rings is 2. The van der Waals surface area contributed by atoms with E-state index in [4.69, 9.17) is 0 Å². The third-order valence-corrected chi connectivity index (χ3v) is 10.0. The zero-order chi connectivity index (χ0) is 41.6. The molecular formula is C37H31F8N7O4S. The maximum Gasteiger partial charge on any atom is 0.435 e. The molecule has 1 saturated carbocycles. The first-order valence-corrected chi connectivity index (χ1v) is 19.0. The maximum atomic E-state index is 15.5. The van der Waals surface area contributed by atoms with Crippen molar-refractivity contribution in [1.82, 2.24) is 29.9 Å². The fourth-order valence-corrected chi connectivity index (χ4v) is 7.74. The number of fused-ring (bicyclic) bond motifs is 4. The maximum absolute atomic E-state index is 15.5. The summed E-state index contributed by atoms with van der Waals surface area (Å²) in [5.41, 5.74) is -4.63. The van der Waals surface area contributed by atoms with Crippen molar-refractivity contribution in [3.8, 4) is 23.0 Å². The van der Waals surface area contributed by atoms with Gasteiger partial charge in [-0.25, -0.2) is 26.6 Å². The predicted molar refractivity (Wildman–Crippen MR) is 188 cm³/mol. The molecule has 2 aliphatic carbocycles. The molecule has 1 unspecified atom stereocenters. The lowest BCUT2D eigenvalue weighted by Crippen LogP contribution is -2.35. The second-order valence-corrected chi connectivity index (χ2v) is 16.3. The lowest BCUT2D eigenvalue weighted by atomic mass is 9.93. The molecule has 1 amide bonds. The fraction of sp³-hybridized carbons (Fsp3) is 0.351. The van der Waals surface area contributed by atoms with Crippen molar-refractivity contribution in [3.63, 3.8) is 0 Å². The Kier molecular flexibility index (Phi) is 9.43. The van der Waals surface area contributed by atoms with E-state index >= 15 is 13.2 Å². The quantitative estimate of drug-likeness (QED) is 0.121. The topological polar surface area (TPSA) is 144 Å². The van der Waals surface area contributed by atoms with Crippen LogP contribution in [0.1, 0.15) is 66.1 Å². The van der Waals surface area contributed by atoms with E-state index in [9.17, 15) is 40.3 Å². The molecule has 3 atom stereocenters. The number of aromatic nitrogens is 5. The van der Waals surface area contributed by atoms with Crippen molar-refractivity contribution < 1.29 is 53.4 Å². The number of hydrogen-bond acceptors (Lipinski definition) is 7. The second kappa shape index (κ2) is 13.5. The molecule has 2 aliphatic rings. The molecule has 57 heavy (non-hydrogen) atoms. The first-order valence-electron chi connectivity index (χ1n) is 17.1. The fourth-order valence-electron chi connectivity index (χ4n) is 7.25. The van der Waals surface area contributed by atoms with E-state index in [-0.39, 0.29) is 51.2 Å². The van der Waals surface area contributed by atoms with Gasteiger partial charge in [0.05, 0.1) is 28.9 Å². The number of nitrogens with zero attached hydrogens (tertiary/aromatic N) is 5. The van der Waals surface area contributed by atoms with Crippen LogP contribution < -0.4 is 10.0 Å². The SMILES string of the molecule is Cn1nc(NS(C)(=O)=O)c2c(F)ccc(-c3ccc(C#CC(C)(C)O)nc3C(Cc3cc(F)cc(F)c3)NC(=O)Cn3nc(C(F)(F)F)c4c3C(F)(F)[C@@H]3C[C@H]43)c21. The third kappa shape index (κ3) is 7.77. The Morgan fingerprint density at radius 2 is 1.72 bits per heavy atom. The number of hydrogen-bond donors (Lipinski definition) is 3. The average Bonchev–Trinajstić information content (AvgIpc) is 3.61. The molecule has 0 bridgehead atoms. The van der Waals surface area contributed by atoms with Gasteiger partial charge in [0.1, 0.15) is 41.0 Å². The molecule has 3 N–H and O–H groups in total. The number of pyridine rings is 1. The summed E-state index contributed by atoms with van der Waals surface area (Å²) >= 11 is 0. The zero-order valence-corrected chi connectivity index (χ0v) is 31.1. The van der Waals surface area contributed by atoms with Gasteiger partial charge in [-0.1, -0.05) is 5.92 Å². The lowest BCUT2D eigenvalue weighted by molar-refractivity contribution is -0.142. The van der Waals surface area contributed by atoms with E-state index < -0.39 is 98.9 Å². The van der Waals surface area contributed by atoms with Crippen LogP contribution in [0.5, 0.6) is 0 Å². The van der Waals surface area contributed by atoms with E-state index in [0.717, 1.165) is 24.5 Å². The molecule has 1 fully saturated rings. The molecule has 3 aromatic heterocycles. The summed E-state index contributed by atoms with van der Waals surface area (Å²) in [4.78, 5) is 18.5. The van der Waals surface area contributed by atoms with Gasteiger partial charge in [0.2, 0.25) is 15.9 Å². The molecule has 5 aromatic rings. The van der Waals surface area contributed by atoms with Gasteiger partial charge in [-0.15, -0.1) is 0 Å². The van der Waals surface area contributed by atoms with Crippen molar-refractivity contribution >= 4 is 32.7 Å². The van der Waals surface area contributed by atoms with Gasteiger partial charge >= 0.3 is 6.18 Å². The van der Waals surface area contributed by atoms with Gasteiger partial charge in [-0.2, -0.15) is 32.1 Å². The van der Waals surface area contributed by atoms with Crippen molar-refractivity contribution in [2.75, 3.05) is 11.0 Å². The van der Waals surface area contributed by atoms with Gasteiger partial charge in [0.15, 0.2) is 11.5 Å². The minimum Gasteiger partial charge on any atom is -0.378 e. The summed E-state index contributed by atoms with van der Waals surface area (Å²) in [5.74, 6) is -5.28. The summed E-state index contributed by atoms with van der Waals surface area (Å²) in [7, 11) is -2.57. The standard InChI is InChI=1S/C37H31F8N7O4S/c1-35(2,54)10-9-20-5-6-21(22-7-8-25(40)29-31(22)51(3)49-34(29)50-57(4,55)56)30(46-20)26(13-17-11-18(38)14-19(39)12-17)47-27(53)16-52-33-28(32(48-52)37(43,44)45)23-15-24(23)36(33,41)42/h5-8,11-12,14,23-24,26,54H,13,15-16H2,1-4H3,(H,47,53)(H,49,50)/t23-,24+,26?/m0/s1. The summed E-state index contributed by atoms with van der Waals surface area (Å²) in [5, 5.41) is 20.1. The molecule has 7 rings (SSSR count). The van der Waals surface area contributed by atoms with E-state index in [0.29, 0.717) is 10.7 Å². The number of amides is 1. The van der Waals surface area contributed by atoms with Crippen LogP contribution in [0.15, 0.2) is 42.5 Å². The van der Waals surface area contributed by atoms with E-state index in [1.807, 2.05) is 0 Å². The van der Waals surface area contributed by atoms with E-state index in [1.165, 1.54) is 43.8 Å². The molecule has 0 radical (unpaired) electrons. The largest absolute Gasteiger partial charge is 0.435 e. The second-order valence-electron chi connectivity index (χ2n) is 14.5. The Morgan fingerprint density at radius 3 is 2.35 bits per heavy atom. The van der Waals surface area contributed by atoms with Crippen LogP contribution in [0.3, 0.4) is 0 Å². The van der Waals surface area contributed by atoms with Crippen LogP contribution in [0.25, 0.3) is 22.0 Å². The van der Waals surface area contributed by atoms with Crippen LogP contribution in [-0.2, 0) is 46.9 Å². The monoisotopic (exact) mass is 821 g/mol. The summed E-state index contributed by atoms with van der Waals surface area (Å²) in [6, 6.07) is 6.17. The number of rotatable bonds is 9. The highest BCUT2D eigenvalue weighted by atomic mass is 32.2. The highest BCUT2D eigenvalue weighted by molar-refractivity contribution is 7.92. The smallest absolute Gasteiger partial charge is 0.378 e. The summed E-state index contributed by atoms with van der Waals surface area (Å²) in [6.45, 7) is 1.65. The van der Waals surface area contributed by atoms with Crippen LogP contribution in [0, 0.1) is 35.2 Å². The number of nitrogens with one attached hydrogen (secondary N) is 2. The van der Waals surface area contributed by atoms with Gasteiger partial charge in [-0.3, -0.25) is 18.9 Å². The average molecular weight is 822 g/mol. The molecule has 300 valence electrons. The van der Waals surface area contributed by atoms with Crippen molar-refractivity contribution in [2.45, 2.75) is 62.9 Å². The molecule has 11 nitrogen and oxygen atoms in total. The van der Waals surface area contributed by atoms with E-state index in [1.54, 1.807) is 0 Å². The van der Waals surface area contributed by atoms with Gasteiger partial charge in [0.25, 0.3) is 5.92 Å². The first kappa shape index (κ1) is 39.7. The van der Waals surface area contributed by atoms with Crippen molar-refractivity contribution in [1.29, 1.82) is 0 Å². The lowest BCUT2D eigenvalue weighted by Gasteiger charge is -2.23. The number of carbonyl (C=O) groups excluding carboxylic acids is 1. The number of aliphatic hydroxyl groups is 1. The molecular weight excluding hydrogens is 791 g/mol. The molecule has 0 aliphatic heterocycles. The number of carbonyl (C=O) groups is 1. The van der Waals surface area contributed by atoms with Crippen LogP contribution in [0.2, 0.25) is 0 Å². The number of sulfonamides is 1. The number of aryl methyl sites for hydroxylation is 1. The number of anilines is 1. The van der Waals surface area contributed by atoms with Crippen LogP contribution in [-0.4, -0.2) is 55.8 Å². The Morgan fingerprint density at radius 1 is 1.05 bits per heavy atom. The third-order valence-electron chi connectivity index (χ3n) is 9.45. The molecule has 3 heterocycles. The van der Waals surface area contributed by atoms with Gasteiger partial charge < -0.3 is 10.4 Å². The zero-order valence-electron chi connectivity index (χ0n) is 30.2. The Hall–Kier alpha value is -5.55. The molecule has 2 aromatic carbocycles. The van der Waals surface area contributed by atoms with Crippen LogP contribution >= 0.6 is 0 Å². The predicted octanol–water partition coefficient (Wildman–Crippen LogP) is 6.07. The van der Waals surface area contributed by atoms with Gasteiger partial charge in [-0.05, 0) is 80.5 Å². The molecule has 20 heteroatoms. The van der Waals surface area contributed by atoms with Crippen LogP contribution in [0.4, 0.5) is 40.9 Å². The molecule has 0 spiro atoms. The summed E-state index contributed by atoms with van der Waals surface area (Å²) < 4.78 is 145. The van der Waals surface area contributed by atoms with Crippen molar-refractivity contribution in [2.24, 2.45) is 13.0 Å². The number of halogens is 8. The Labute approximate surface area is 319 Å². The first-order chi connectivity index (χ1) is 26.4. The van der Waals surface area contributed by atoms with Crippen molar-refractivity contribution in [3.05, 3.63) is 93.8 Å². The molecule has 0 saturated heterocycles. The van der Waals surface area contributed by atoms with Gasteiger partial charge in [0, 0.05) is 35.7 Å². The van der Waals surface area contributed by atoms with E-state index in [2.05, 4.69) is 37.1 Å². The Balaban J connectivity index is 1.39. The Bertz CT molecular complexity index is 2640. The highest BCUT2D eigenvalue weighted by Gasteiger charge is 2.68. The minimum atomic E-state index is -5.10. The normalized spacial score (nSPS) is 17.8. The minimum absolute atomic E-state index is 0.0121. The highest BCUT2D eigenvalue weighted by Crippen LogP contribution is 2.68.